The lowest BCUT2D eigenvalue weighted by Crippen LogP contribution is -2.47. The van der Waals surface area contributed by atoms with Crippen molar-refractivity contribution >= 4 is 5.91 Å². The summed E-state index contributed by atoms with van der Waals surface area (Å²) in [5.41, 5.74) is 1.18. The molecule has 1 saturated heterocycles. The van der Waals surface area contributed by atoms with Crippen LogP contribution >= 0.6 is 0 Å². The first-order valence-electron chi connectivity index (χ1n) is 8.96. The van der Waals surface area contributed by atoms with Gasteiger partial charge in [0.1, 0.15) is 17.7 Å². The van der Waals surface area contributed by atoms with Crippen LogP contribution in [-0.2, 0) is 4.79 Å². The Kier molecular flexibility index (Phi) is 4.43. The Morgan fingerprint density at radius 3 is 2.40 bits per heavy atom. The zero-order valence-corrected chi connectivity index (χ0v) is 14.1. The molecule has 4 heteroatoms. The van der Waals surface area contributed by atoms with Crippen LogP contribution in [0.3, 0.4) is 0 Å². The number of piperidine rings is 1. The smallest absolute Gasteiger partial charge is 0.225 e. The van der Waals surface area contributed by atoms with E-state index in [-0.39, 0.29) is 23.8 Å². The predicted octanol–water partition coefficient (Wildman–Crippen LogP) is 4.00. The van der Waals surface area contributed by atoms with Crippen molar-refractivity contribution in [2.75, 3.05) is 13.1 Å². The maximum atomic E-state index is 13.1. The van der Waals surface area contributed by atoms with Crippen LogP contribution in [0.25, 0.3) is 0 Å². The van der Waals surface area contributed by atoms with Gasteiger partial charge in [-0.3, -0.25) is 4.79 Å². The van der Waals surface area contributed by atoms with E-state index >= 15 is 0 Å². The van der Waals surface area contributed by atoms with Crippen molar-refractivity contribution in [2.24, 2.45) is 5.92 Å². The Morgan fingerprint density at radius 1 is 1.00 bits per heavy atom. The van der Waals surface area contributed by atoms with Crippen LogP contribution < -0.4 is 4.74 Å². The van der Waals surface area contributed by atoms with E-state index in [9.17, 15) is 9.18 Å². The quantitative estimate of drug-likeness (QED) is 0.843. The van der Waals surface area contributed by atoms with Crippen LogP contribution in [-0.4, -0.2) is 30.0 Å². The normalized spacial score (nSPS) is 23.3. The molecule has 2 atom stereocenters. The number of carbonyl (C=O) groups is 1. The predicted molar refractivity (Wildman–Crippen MR) is 93.9 cm³/mol. The lowest BCUT2D eigenvalue weighted by Gasteiger charge is -2.39. The minimum Gasteiger partial charge on any atom is -0.490 e. The summed E-state index contributed by atoms with van der Waals surface area (Å²) >= 11 is 0. The van der Waals surface area contributed by atoms with Crippen molar-refractivity contribution in [3.8, 4) is 5.75 Å². The SMILES string of the molecule is O=C(C1CC1)N1CC[C@@H](Oc2ccc(F)cc2)[C@H](c2ccccc2)C1. The molecule has 0 N–H and O–H groups in total. The first-order chi connectivity index (χ1) is 12.2. The van der Waals surface area contributed by atoms with Crippen molar-refractivity contribution in [3.05, 3.63) is 66.0 Å². The van der Waals surface area contributed by atoms with E-state index in [1.165, 1.54) is 17.7 Å². The van der Waals surface area contributed by atoms with Crippen LogP contribution in [0.5, 0.6) is 5.75 Å². The first-order valence-corrected chi connectivity index (χ1v) is 8.96. The van der Waals surface area contributed by atoms with Gasteiger partial charge in [0.05, 0.1) is 0 Å². The second-order valence-electron chi connectivity index (χ2n) is 6.97. The Hall–Kier alpha value is -2.36. The van der Waals surface area contributed by atoms with Gasteiger partial charge in [-0.15, -0.1) is 0 Å². The Labute approximate surface area is 147 Å². The van der Waals surface area contributed by atoms with Crippen LogP contribution in [0, 0.1) is 11.7 Å². The number of rotatable bonds is 4. The highest BCUT2D eigenvalue weighted by Gasteiger charge is 2.39. The average Bonchev–Trinajstić information content (AvgIpc) is 3.49. The molecule has 25 heavy (non-hydrogen) atoms. The lowest BCUT2D eigenvalue weighted by atomic mass is 9.87. The topological polar surface area (TPSA) is 29.5 Å². The van der Waals surface area contributed by atoms with E-state index in [2.05, 4.69) is 12.1 Å². The number of likely N-dealkylation sites (tertiary alicyclic amines) is 1. The van der Waals surface area contributed by atoms with Gasteiger partial charge >= 0.3 is 0 Å². The summed E-state index contributed by atoms with van der Waals surface area (Å²) in [7, 11) is 0. The largest absolute Gasteiger partial charge is 0.490 e. The van der Waals surface area contributed by atoms with Gasteiger partial charge in [-0.25, -0.2) is 4.39 Å². The summed E-state index contributed by atoms with van der Waals surface area (Å²) in [6.07, 6.45) is 2.83. The first kappa shape index (κ1) is 16.1. The van der Waals surface area contributed by atoms with Crippen LogP contribution in [0.2, 0.25) is 0 Å². The fourth-order valence-corrected chi connectivity index (χ4v) is 3.57. The number of amides is 1. The molecule has 4 rings (SSSR count). The van der Waals surface area contributed by atoms with Crippen LogP contribution in [0.1, 0.15) is 30.7 Å². The molecule has 2 fully saturated rings. The fourth-order valence-electron chi connectivity index (χ4n) is 3.57. The van der Waals surface area contributed by atoms with E-state index in [1.807, 2.05) is 23.1 Å². The van der Waals surface area contributed by atoms with E-state index < -0.39 is 0 Å². The third-order valence-corrected chi connectivity index (χ3v) is 5.12. The Bertz CT molecular complexity index is 727. The number of nitrogens with zero attached hydrogens (tertiary/aromatic N) is 1. The molecular weight excluding hydrogens is 317 g/mol. The van der Waals surface area contributed by atoms with Crippen molar-refractivity contribution in [2.45, 2.75) is 31.3 Å². The molecule has 0 unspecified atom stereocenters. The van der Waals surface area contributed by atoms with Crippen molar-refractivity contribution in [1.82, 2.24) is 4.90 Å². The minimum atomic E-state index is -0.267. The van der Waals surface area contributed by atoms with E-state index in [0.717, 1.165) is 25.8 Å². The molecule has 0 radical (unpaired) electrons. The van der Waals surface area contributed by atoms with Crippen LogP contribution in [0.15, 0.2) is 54.6 Å². The highest BCUT2D eigenvalue weighted by atomic mass is 19.1. The summed E-state index contributed by atoms with van der Waals surface area (Å²) in [5, 5.41) is 0. The lowest BCUT2D eigenvalue weighted by molar-refractivity contribution is -0.134. The highest BCUT2D eigenvalue weighted by Crippen LogP contribution is 2.35. The summed E-state index contributed by atoms with van der Waals surface area (Å²) in [4.78, 5) is 14.5. The molecule has 2 aliphatic rings. The van der Waals surface area contributed by atoms with E-state index in [0.29, 0.717) is 18.2 Å². The average molecular weight is 339 g/mol. The van der Waals surface area contributed by atoms with Gasteiger partial charge in [0.2, 0.25) is 5.91 Å². The summed E-state index contributed by atoms with van der Waals surface area (Å²) in [6, 6.07) is 16.4. The second kappa shape index (κ2) is 6.87. The molecule has 1 aliphatic heterocycles. The van der Waals surface area contributed by atoms with Gasteiger partial charge in [0.25, 0.3) is 0 Å². The molecule has 130 valence electrons. The standard InChI is InChI=1S/C21H22FNO2/c22-17-8-10-18(11-9-17)25-20-12-13-23(21(24)16-6-7-16)14-19(20)15-4-2-1-3-5-15/h1-5,8-11,16,19-20H,6-7,12-14H2/t19-,20+/m0/s1. The number of ether oxygens (including phenoxy) is 1. The fraction of sp³-hybridized carbons (Fsp3) is 0.381. The molecule has 0 aromatic heterocycles. The van der Waals surface area contributed by atoms with Gasteiger partial charge < -0.3 is 9.64 Å². The number of carbonyl (C=O) groups excluding carboxylic acids is 1. The molecule has 0 bridgehead atoms. The summed E-state index contributed by atoms with van der Waals surface area (Å²) < 4.78 is 19.3. The third kappa shape index (κ3) is 3.68. The molecule has 1 saturated carbocycles. The van der Waals surface area contributed by atoms with Gasteiger partial charge in [0.15, 0.2) is 0 Å². The molecule has 1 heterocycles. The zero-order chi connectivity index (χ0) is 17.2. The number of halogens is 1. The minimum absolute atomic E-state index is 0.0175. The van der Waals surface area contributed by atoms with Crippen LogP contribution in [0.4, 0.5) is 4.39 Å². The number of hydrogen-bond acceptors (Lipinski definition) is 2. The molecular formula is C21H22FNO2. The van der Waals surface area contributed by atoms with E-state index in [4.69, 9.17) is 4.74 Å². The summed E-state index contributed by atoms with van der Waals surface area (Å²) in [5.74, 6) is 1.07. The third-order valence-electron chi connectivity index (χ3n) is 5.12. The zero-order valence-electron chi connectivity index (χ0n) is 14.1. The van der Waals surface area contributed by atoms with Gasteiger partial charge in [-0.2, -0.15) is 0 Å². The van der Waals surface area contributed by atoms with Crippen molar-refractivity contribution < 1.29 is 13.9 Å². The summed E-state index contributed by atoms with van der Waals surface area (Å²) in [6.45, 7) is 1.41. The monoisotopic (exact) mass is 339 g/mol. The molecule has 1 amide bonds. The Balaban J connectivity index is 1.54. The second-order valence-corrected chi connectivity index (χ2v) is 6.97. The van der Waals surface area contributed by atoms with Crippen molar-refractivity contribution in [1.29, 1.82) is 0 Å². The number of benzene rings is 2. The van der Waals surface area contributed by atoms with Gasteiger partial charge in [0, 0.05) is 31.3 Å². The molecule has 0 spiro atoms. The maximum absolute atomic E-state index is 13.1. The molecule has 1 aliphatic carbocycles. The van der Waals surface area contributed by atoms with Crippen molar-refractivity contribution in [3.63, 3.8) is 0 Å². The van der Waals surface area contributed by atoms with Gasteiger partial charge in [-0.05, 0) is 42.7 Å². The van der Waals surface area contributed by atoms with Gasteiger partial charge in [-0.1, -0.05) is 30.3 Å². The van der Waals surface area contributed by atoms with E-state index in [1.54, 1.807) is 12.1 Å². The highest BCUT2D eigenvalue weighted by molar-refractivity contribution is 5.81. The molecule has 3 nitrogen and oxygen atoms in total. The Morgan fingerprint density at radius 2 is 1.72 bits per heavy atom. The maximum Gasteiger partial charge on any atom is 0.225 e. The molecule has 2 aromatic rings. The number of hydrogen-bond donors (Lipinski definition) is 0. The molecule has 2 aromatic carbocycles.